The summed E-state index contributed by atoms with van der Waals surface area (Å²) in [7, 11) is 2.42. The number of hydrogen-bond donors (Lipinski definition) is 0. The third kappa shape index (κ3) is 3.99. The van der Waals surface area contributed by atoms with Gasteiger partial charge in [0.15, 0.2) is 0 Å². The fourth-order valence-electron chi connectivity index (χ4n) is 3.24. The SMILES string of the molecule is COc1ccc(C(=O)N2CCS/C2=C/c2c(C)nn(C)c2C)cc1S(=O)(=O)N(C)C. The Hall–Kier alpha value is -2.30. The van der Waals surface area contributed by atoms with Crippen molar-refractivity contribution in [2.24, 2.45) is 7.05 Å². The fourth-order valence-corrected chi connectivity index (χ4v) is 5.33. The largest absolute Gasteiger partial charge is 0.495 e. The molecule has 0 unspecified atom stereocenters. The van der Waals surface area contributed by atoms with E-state index in [0.717, 1.165) is 32.0 Å². The lowest BCUT2D eigenvalue weighted by Gasteiger charge is -2.19. The van der Waals surface area contributed by atoms with Gasteiger partial charge in [0.1, 0.15) is 10.6 Å². The summed E-state index contributed by atoms with van der Waals surface area (Å²) in [6.45, 7) is 4.47. The van der Waals surface area contributed by atoms with E-state index in [1.807, 2.05) is 31.7 Å². The fraction of sp³-hybridized carbons (Fsp3) is 0.400. The summed E-state index contributed by atoms with van der Waals surface area (Å²) in [6.07, 6.45) is 1.98. The Labute approximate surface area is 181 Å². The molecule has 10 heteroatoms. The van der Waals surface area contributed by atoms with E-state index in [1.54, 1.807) is 22.7 Å². The molecule has 1 aliphatic rings. The molecule has 1 saturated heterocycles. The van der Waals surface area contributed by atoms with E-state index in [-0.39, 0.29) is 16.6 Å². The van der Waals surface area contributed by atoms with Crippen LogP contribution in [-0.4, -0.2) is 66.8 Å². The first-order valence-electron chi connectivity index (χ1n) is 9.35. The molecule has 0 bridgehead atoms. The lowest BCUT2D eigenvalue weighted by Crippen LogP contribution is -2.28. The number of thioether (sulfide) groups is 1. The maximum Gasteiger partial charge on any atom is 0.258 e. The number of nitrogens with zero attached hydrogens (tertiary/aromatic N) is 4. The van der Waals surface area contributed by atoms with Gasteiger partial charge >= 0.3 is 0 Å². The number of methoxy groups -OCH3 is 1. The van der Waals surface area contributed by atoms with Gasteiger partial charge in [0.25, 0.3) is 5.91 Å². The van der Waals surface area contributed by atoms with Crippen molar-refractivity contribution < 1.29 is 17.9 Å². The molecule has 0 aliphatic carbocycles. The smallest absolute Gasteiger partial charge is 0.258 e. The number of benzene rings is 1. The molecular formula is C20H26N4O4S2. The van der Waals surface area contributed by atoms with Crippen molar-refractivity contribution in [1.82, 2.24) is 19.0 Å². The van der Waals surface area contributed by atoms with Crippen molar-refractivity contribution in [2.75, 3.05) is 33.5 Å². The molecule has 2 heterocycles. The number of hydrogen-bond acceptors (Lipinski definition) is 6. The maximum absolute atomic E-state index is 13.3. The third-order valence-corrected chi connectivity index (χ3v) is 7.94. The van der Waals surface area contributed by atoms with Crippen LogP contribution in [0.5, 0.6) is 5.75 Å². The van der Waals surface area contributed by atoms with Crippen molar-refractivity contribution in [2.45, 2.75) is 18.7 Å². The van der Waals surface area contributed by atoms with Crippen molar-refractivity contribution in [3.8, 4) is 5.75 Å². The van der Waals surface area contributed by atoms with E-state index in [1.165, 1.54) is 33.3 Å². The molecule has 0 atom stereocenters. The average molecular weight is 451 g/mol. The van der Waals surface area contributed by atoms with Crippen LogP contribution in [0.1, 0.15) is 27.3 Å². The molecule has 8 nitrogen and oxygen atoms in total. The monoisotopic (exact) mass is 450 g/mol. The molecular weight excluding hydrogens is 424 g/mol. The van der Waals surface area contributed by atoms with Crippen LogP contribution in [-0.2, 0) is 17.1 Å². The van der Waals surface area contributed by atoms with Gasteiger partial charge in [-0.15, -0.1) is 11.8 Å². The summed E-state index contributed by atoms with van der Waals surface area (Å²) in [5.74, 6) is 0.728. The van der Waals surface area contributed by atoms with Gasteiger partial charge in [-0.2, -0.15) is 5.10 Å². The zero-order valence-electron chi connectivity index (χ0n) is 18.0. The highest BCUT2D eigenvalue weighted by atomic mass is 32.2. The molecule has 1 aromatic carbocycles. The third-order valence-electron chi connectivity index (χ3n) is 5.08. The van der Waals surface area contributed by atoms with Gasteiger partial charge in [-0.1, -0.05) is 0 Å². The van der Waals surface area contributed by atoms with Gasteiger partial charge < -0.3 is 9.64 Å². The molecule has 1 aromatic heterocycles. The number of ether oxygens (including phenoxy) is 1. The van der Waals surface area contributed by atoms with Crippen LogP contribution in [0.25, 0.3) is 6.08 Å². The van der Waals surface area contributed by atoms with Crippen molar-refractivity contribution in [3.63, 3.8) is 0 Å². The molecule has 1 amide bonds. The standard InChI is InChI=1S/C20H26N4O4S2/c1-13-16(14(2)23(5)21-13)12-19-24(9-10-29-19)20(25)15-7-8-17(28-6)18(11-15)30(26,27)22(3)4/h7-8,11-12H,9-10H2,1-6H3/b19-12+. The predicted molar refractivity (Wildman–Crippen MR) is 118 cm³/mol. The maximum atomic E-state index is 13.3. The molecule has 0 N–H and O–H groups in total. The Kier molecular flexibility index (Phi) is 6.30. The molecule has 0 saturated carbocycles. The molecule has 162 valence electrons. The average Bonchev–Trinajstić information content (AvgIpc) is 3.26. The Balaban J connectivity index is 2.01. The Morgan fingerprint density at radius 2 is 2.00 bits per heavy atom. The highest BCUT2D eigenvalue weighted by Gasteiger charge is 2.29. The van der Waals surface area contributed by atoms with E-state index in [2.05, 4.69) is 5.10 Å². The van der Waals surface area contributed by atoms with E-state index in [9.17, 15) is 13.2 Å². The minimum atomic E-state index is -3.76. The van der Waals surface area contributed by atoms with Crippen LogP contribution in [0, 0.1) is 13.8 Å². The zero-order valence-corrected chi connectivity index (χ0v) is 19.6. The second kappa shape index (κ2) is 8.44. The first-order valence-corrected chi connectivity index (χ1v) is 11.8. The summed E-state index contributed by atoms with van der Waals surface area (Å²) in [6, 6.07) is 4.50. The highest BCUT2D eigenvalue weighted by Crippen LogP contribution is 2.34. The van der Waals surface area contributed by atoms with Crippen molar-refractivity contribution >= 4 is 33.8 Å². The van der Waals surface area contributed by atoms with E-state index in [4.69, 9.17) is 4.74 Å². The molecule has 0 radical (unpaired) electrons. The lowest BCUT2D eigenvalue weighted by atomic mass is 10.1. The Bertz CT molecular complexity index is 1120. The van der Waals surface area contributed by atoms with Gasteiger partial charge in [-0.05, 0) is 38.1 Å². The van der Waals surface area contributed by atoms with E-state index >= 15 is 0 Å². The molecule has 0 spiro atoms. The molecule has 1 aliphatic heterocycles. The second-order valence-electron chi connectivity index (χ2n) is 7.15. The predicted octanol–water partition coefficient (Wildman–Crippen LogP) is 2.48. The minimum absolute atomic E-state index is 0.0304. The second-order valence-corrected chi connectivity index (χ2v) is 10.4. The lowest BCUT2D eigenvalue weighted by molar-refractivity contribution is 0.0830. The molecule has 1 fully saturated rings. The Morgan fingerprint density at radius 1 is 1.30 bits per heavy atom. The number of sulfonamides is 1. The first-order chi connectivity index (χ1) is 14.1. The molecule has 30 heavy (non-hydrogen) atoms. The van der Waals surface area contributed by atoms with Crippen LogP contribution in [0.15, 0.2) is 28.1 Å². The number of rotatable bonds is 5. The van der Waals surface area contributed by atoms with Crippen molar-refractivity contribution in [1.29, 1.82) is 0 Å². The quantitative estimate of drug-likeness (QED) is 0.696. The van der Waals surface area contributed by atoms with Gasteiger partial charge in [-0.25, -0.2) is 12.7 Å². The van der Waals surface area contributed by atoms with Gasteiger partial charge in [0.05, 0.1) is 17.8 Å². The van der Waals surface area contributed by atoms with Crippen LogP contribution >= 0.6 is 11.8 Å². The zero-order chi connectivity index (χ0) is 22.2. The van der Waals surface area contributed by atoms with E-state index in [0.29, 0.717) is 12.1 Å². The summed E-state index contributed by atoms with van der Waals surface area (Å²) < 4.78 is 33.5. The highest BCUT2D eigenvalue weighted by molar-refractivity contribution is 8.03. The summed E-state index contributed by atoms with van der Waals surface area (Å²) in [5, 5.41) is 5.26. The number of carbonyl (C=O) groups excluding carboxylic acids is 1. The van der Waals surface area contributed by atoms with Crippen LogP contribution in [0.2, 0.25) is 0 Å². The van der Waals surface area contributed by atoms with Crippen molar-refractivity contribution in [3.05, 3.63) is 45.7 Å². The van der Waals surface area contributed by atoms with Gasteiger partial charge in [0.2, 0.25) is 10.0 Å². The summed E-state index contributed by atoms with van der Waals surface area (Å²) >= 11 is 1.60. The van der Waals surface area contributed by atoms with Crippen LogP contribution in [0.4, 0.5) is 0 Å². The Morgan fingerprint density at radius 3 is 2.57 bits per heavy atom. The van der Waals surface area contributed by atoms with Gasteiger partial charge in [-0.3, -0.25) is 9.48 Å². The minimum Gasteiger partial charge on any atom is -0.495 e. The molecule has 3 rings (SSSR count). The van der Waals surface area contributed by atoms with E-state index < -0.39 is 10.0 Å². The normalized spacial score (nSPS) is 16.0. The topological polar surface area (TPSA) is 84.7 Å². The van der Waals surface area contributed by atoms with Crippen LogP contribution in [0.3, 0.4) is 0 Å². The number of aromatic nitrogens is 2. The number of carbonyl (C=O) groups is 1. The van der Waals surface area contributed by atoms with Crippen LogP contribution < -0.4 is 4.74 Å². The van der Waals surface area contributed by atoms with Gasteiger partial charge in [0, 0.05) is 50.3 Å². The number of amides is 1. The first kappa shape index (κ1) is 22.4. The summed E-state index contributed by atoms with van der Waals surface area (Å²) in [4.78, 5) is 14.9. The summed E-state index contributed by atoms with van der Waals surface area (Å²) in [5.41, 5.74) is 3.20. The molecule has 2 aromatic rings. The number of aryl methyl sites for hydroxylation is 2.